The van der Waals surface area contributed by atoms with Crippen molar-refractivity contribution in [3.05, 3.63) is 18.2 Å². The summed E-state index contributed by atoms with van der Waals surface area (Å²) in [7, 11) is 3.18. The van der Waals surface area contributed by atoms with Gasteiger partial charge in [-0.2, -0.15) is 0 Å². The number of halogens is 1. The molecule has 0 atom stereocenters. The molecule has 1 aromatic carbocycles. The van der Waals surface area contributed by atoms with E-state index in [2.05, 4.69) is 5.32 Å². The molecule has 0 radical (unpaired) electrons. The van der Waals surface area contributed by atoms with Gasteiger partial charge in [0.05, 0.1) is 19.9 Å². The number of nitrogens with two attached hydrogens (primary N) is 1. The van der Waals surface area contributed by atoms with Crippen LogP contribution in [0.5, 0.6) is 11.5 Å². The maximum atomic E-state index is 12.4. The van der Waals surface area contributed by atoms with Crippen LogP contribution in [-0.4, -0.2) is 26.7 Å². The monoisotopic (exact) mass is 342 g/mol. The van der Waals surface area contributed by atoms with E-state index in [1.54, 1.807) is 32.4 Å². The highest BCUT2D eigenvalue weighted by Crippen LogP contribution is 2.39. The number of hydrogen-bond donors (Lipinski definition) is 2. The molecule has 5 nitrogen and oxygen atoms in total. The topological polar surface area (TPSA) is 73.6 Å². The molecule has 1 amide bonds. The molecular weight excluding hydrogens is 316 g/mol. The number of carbonyl (C=O) groups excluding carboxylic acids is 1. The number of nitrogens with one attached hydrogen (secondary N) is 1. The van der Waals surface area contributed by atoms with Crippen LogP contribution in [0.25, 0.3) is 0 Å². The Morgan fingerprint density at radius 1 is 1.22 bits per heavy atom. The molecule has 3 N–H and O–H groups in total. The van der Waals surface area contributed by atoms with Crippen molar-refractivity contribution in [2.45, 2.75) is 38.5 Å². The lowest BCUT2D eigenvalue weighted by Gasteiger charge is -2.35. The minimum atomic E-state index is -0.0472. The molecule has 1 saturated carbocycles. The first kappa shape index (κ1) is 19.6. The molecule has 0 bridgehead atoms. The summed E-state index contributed by atoms with van der Waals surface area (Å²) in [4.78, 5) is 12.4. The van der Waals surface area contributed by atoms with Crippen LogP contribution in [0.2, 0.25) is 0 Å². The molecule has 0 saturated heterocycles. The maximum absolute atomic E-state index is 12.4. The van der Waals surface area contributed by atoms with Gasteiger partial charge in [0.2, 0.25) is 5.91 Å². The lowest BCUT2D eigenvalue weighted by atomic mass is 9.71. The smallest absolute Gasteiger partial charge is 0.225 e. The molecule has 1 aliphatic carbocycles. The van der Waals surface area contributed by atoms with Crippen molar-refractivity contribution in [2.24, 2.45) is 11.1 Å². The van der Waals surface area contributed by atoms with E-state index < -0.39 is 0 Å². The third-order valence-electron chi connectivity index (χ3n) is 4.56. The highest BCUT2D eigenvalue weighted by atomic mass is 35.5. The van der Waals surface area contributed by atoms with E-state index in [1.807, 2.05) is 0 Å². The molecule has 23 heavy (non-hydrogen) atoms. The van der Waals surface area contributed by atoms with Crippen molar-refractivity contribution in [3.63, 3.8) is 0 Å². The van der Waals surface area contributed by atoms with E-state index in [0.29, 0.717) is 30.2 Å². The van der Waals surface area contributed by atoms with Gasteiger partial charge >= 0.3 is 0 Å². The second-order valence-electron chi connectivity index (χ2n) is 6.06. The maximum Gasteiger partial charge on any atom is 0.225 e. The highest BCUT2D eigenvalue weighted by molar-refractivity contribution is 5.93. The van der Waals surface area contributed by atoms with Gasteiger partial charge < -0.3 is 20.5 Å². The van der Waals surface area contributed by atoms with Crippen molar-refractivity contribution in [2.75, 3.05) is 26.1 Å². The van der Waals surface area contributed by atoms with Crippen LogP contribution < -0.4 is 20.5 Å². The Balaban J connectivity index is 0.00000264. The van der Waals surface area contributed by atoms with E-state index in [1.165, 1.54) is 6.42 Å². The third-order valence-corrected chi connectivity index (χ3v) is 4.56. The Morgan fingerprint density at radius 3 is 2.48 bits per heavy atom. The van der Waals surface area contributed by atoms with Crippen molar-refractivity contribution in [1.29, 1.82) is 0 Å². The van der Waals surface area contributed by atoms with E-state index in [0.717, 1.165) is 25.7 Å². The average molecular weight is 343 g/mol. The largest absolute Gasteiger partial charge is 0.497 e. The number of hydrogen-bond acceptors (Lipinski definition) is 4. The van der Waals surface area contributed by atoms with Crippen LogP contribution in [0.3, 0.4) is 0 Å². The number of carbonyl (C=O) groups is 1. The second kappa shape index (κ2) is 8.99. The summed E-state index contributed by atoms with van der Waals surface area (Å²) in [6.07, 6.45) is 6.09. The summed E-state index contributed by atoms with van der Waals surface area (Å²) in [6.45, 7) is 0.565. The molecule has 0 spiro atoms. The summed E-state index contributed by atoms with van der Waals surface area (Å²) in [6, 6.07) is 5.36. The number of ether oxygens (including phenoxy) is 2. The predicted octanol–water partition coefficient (Wildman–Crippen LogP) is 3.36. The van der Waals surface area contributed by atoms with Crippen molar-refractivity contribution >= 4 is 24.0 Å². The molecule has 0 unspecified atom stereocenters. The average Bonchev–Trinajstić information content (AvgIpc) is 2.55. The van der Waals surface area contributed by atoms with Crippen molar-refractivity contribution < 1.29 is 14.3 Å². The number of rotatable bonds is 6. The Morgan fingerprint density at radius 2 is 1.91 bits per heavy atom. The number of methoxy groups -OCH3 is 2. The molecular formula is C17H27ClN2O3. The minimum Gasteiger partial charge on any atom is -0.497 e. The lowest BCUT2D eigenvalue weighted by Crippen LogP contribution is -2.36. The van der Waals surface area contributed by atoms with Crippen LogP contribution in [0.4, 0.5) is 5.69 Å². The van der Waals surface area contributed by atoms with Gasteiger partial charge in [-0.25, -0.2) is 0 Å². The summed E-state index contributed by atoms with van der Waals surface area (Å²) in [5.74, 6) is 1.29. The first-order chi connectivity index (χ1) is 10.6. The fourth-order valence-corrected chi connectivity index (χ4v) is 3.20. The lowest BCUT2D eigenvalue weighted by molar-refractivity contribution is -0.118. The van der Waals surface area contributed by atoms with Gasteiger partial charge in [0.1, 0.15) is 11.5 Å². The molecule has 130 valence electrons. The zero-order valence-corrected chi connectivity index (χ0v) is 14.7. The zero-order chi connectivity index (χ0) is 16.0. The van der Waals surface area contributed by atoms with Gasteiger partial charge in [-0.15, -0.1) is 12.4 Å². The zero-order valence-electron chi connectivity index (χ0n) is 13.9. The quantitative estimate of drug-likeness (QED) is 0.831. The number of amides is 1. The normalized spacial score (nSPS) is 16.1. The van der Waals surface area contributed by atoms with Gasteiger partial charge in [0.25, 0.3) is 0 Å². The first-order valence-electron chi connectivity index (χ1n) is 7.84. The summed E-state index contributed by atoms with van der Waals surface area (Å²) in [5, 5.41) is 2.94. The predicted molar refractivity (Wildman–Crippen MR) is 94.6 cm³/mol. The third kappa shape index (κ3) is 5.01. The van der Waals surface area contributed by atoms with Gasteiger partial charge in [0.15, 0.2) is 0 Å². The van der Waals surface area contributed by atoms with Crippen LogP contribution in [0.15, 0.2) is 18.2 Å². The van der Waals surface area contributed by atoms with E-state index in [9.17, 15) is 4.79 Å². The van der Waals surface area contributed by atoms with Crippen LogP contribution in [0.1, 0.15) is 38.5 Å². The van der Waals surface area contributed by atoms with Crippen molar-refractivity contribution in [3.8, 4) is 11.5 Å². The minimum absolute atomic E-state index is 0. The summed E-state index contributed by atoms with van der Waals surface area (Å²) < 4.78 is 10.5. The Kier molecular flexibility index (Phi) is 7.65. The number of anilines is 1. The van der Waals surface area contributed by atoms with Crippen LogP contribution >= 0.6 is 12.4 Å². The standard InChI is InChI=1S/C17H26N2O3.ClH/c1-21-13-6-7-15(22-2)14(10-13)19-16(20)11-17(12-18)8-4-3-5-9-17;/h6-7,10H,3-5,8-9,11-12,18H2,1-2H3,(H,19,20);1H. The molecule has 0 aliphatic heterocycles. The van der Waals surface area contributed by atoms with Crippen LogP contribution in [-0.2, 0) is 4.79 Å². The van der Waals surface area contributed by atoms with Gasteiger partial charge in [-0.05, 0) is 36.9 Å². The fraction of sp³-hybridized carbons (Fsp3) is 0.588. The molecule has 0 aromatic heterocycles. The SMILES string of the molecule is COc1ccc(OC)c(NC(=O)CC2(CN)CCCCC2)c1.Cl. The second-order valence-corrected chi connectivity index (χ2v) is 6.06. The summed E-state index contributed by atoms with van der Waals surface area (Å²) >= 11 is 0. The Bertz CT molecular complexity index is 517. The Labute approximate surface area is 144 Å². The molecule has 6 heteroatoms. The van der Waals surface area contributed by atoms with Gasteiger partial charge in [-0.3, -0.25) is 4.79 Å². The number of benzene rings is 1. The van der Waals surface area contributed by atoms with E-state index in [4.69, 9.17) is 15.2 Å². The van der Waals surface area contributed by atoms with Crippen molar-refractivity contribution in [1.82, 2.24) is 0 Å². The first-order valence-corrected chi connectivity index (χ1v) is 7.84. The molecule has 1 aliphatic rings. The van der Waals surface area contributed by atoms with Gasteiger partial charge in [0, 0.05) is 12.5 Å². The Hall–Kier alpha value is -1.46. The molecule has 0 heterocycles. The van der Waals surface area contributed by atoms with Gasteiger partial charge in [-0.1, -0.05) is 19.3 Å². The highest BCUT2D eigenvalue weighted by Gasteiger charge is 2.33. The fourth-order valence-electron chi connectivity index (χ4n) is 3.20. The van der Waals surface area contributed by atoms with Crippen LogP contribution in [0, 0.1) is 5.41 Å². The molecule has 2 rings (SSSR count). The van der Waals surface area contributed by atoms with E-state index >= 15 is 0 Å². The van der Waals surface area contributed by atoms with E-state index in [-0.39, 0.29) is 23.7 Å². The summed E-state index contributed by atoms with van der Waals surface area (Å²) in [5.41, 5.74) is 6.54. The molecule has 1 fully saturated rings. The molecule has 1 aromatic rings.